The normalized spacial score (nSPS) is 15.1. The van der Waals surface area contributed by atoms with E-state index in [1.54, 1.807) is 11.3 Å². The van der Waals surface area contributed by atoms with Crippen molar-refractivity contribution in [2.24, 2.45) is 0 Å². The number of carbonyl (C=O) groups excluding carboxylic acids is 2. The summed E-state index contributed by atoms with van der Waals surface area (Å²) in [5.41, 5.74) is 1.70. The lowest BCUT2D eigenvalue weighted by atomic mass is 10.1. The summed E-state index contributed by atoms with van der Waals surface area (Å²) in [4.78, 5) is 29.1. The molecule has 2 amide bonds. The summed E-state index contributed by atoms with van der Waals surface area (Å²) in [6.07, 6.45) is 0.390. The van der Waals surface area contributed by atoms with Crippen LogP contribution in [0.1, 0.15) is 17.4 Å². The molecule has 5 nitrogen and oxygen atoms in total. The SMILES string of the molecule is CC(=O)Nc1ccc(CC(=O)N2CCN(Cc3ccc(Cl)s3)CC2)cc1. The molecule has 3 rings (SSSR count). The fourth-order valence-electron chi connectivity index (χ4n) is 3.01. The van der Waals surface area contributed by atoms with E-state index in [0.29, 0.717) is 6.42 Å². The van der Waals surface area contributed by atoms with E-state index >= 15 is 0 Å². The first kappa shape index (κ1) is 18.9. The van der Waals surface area contributed by atoms with Crippen LogP contribution < -0.4 is 5.32 Å². The topological polar surface area (TPSA) is 52.7 Å². The Balaban J connectivity index is 1.46. The average Bonchev–Trinajstić information content (AvgIpc) is 3.01. The molecule has 2 aromatic rings. The molecule has 1 saturated heterocycles. The lowest BCUT2D eigenvalue weighted by Gasteiger charge is -2.34. The number of hydrogen-bond donors (Lipinski definition) is 1. The Kier molecular flexibility index (Phi) is 6.29. The van der Waals surface area contributed by atoms with E-state index in [2.05, 4.69) is 16.3 Å². The monoisotopic (exact) mass is 391 g/mol. The maximum Gasteiger partial charge on any atom is 0.227 e. The molecule has 1 aliphatic heterocycles. The first-order valence-electron chi connectivity index (χ1n) is 8.60. The zero-order valence-corrected chi connectivity index (χ0v) is 16.3. The number of benzene rings is 1. The van der Waals surface area contributed by atoms with Gasteiger partial charge in [0.15, 0.2) is 0 Å². The van der Waals surface area contributed by atoms with Gasteiger partial charge in [0.2, 0.25) is 11.8 Å². The van der Waals surface area contributed by atoms with Crippen LogP contribution in [0.4, 0.5) is 5.69 Å². The molecule has 138 valence electrons. The number of nitrogens with one attached hydrogen (secondary N) is 1. The van der Waals surface area contributed by atoms with Crippen molar-refractivity contribution in [3.63, 3.8) is 0 Å². The average molecular weight is 392 g/mol. The van der Waals surface area contributed by atoms with Crippen molar-refractivity contribution in [3.8, 4) is 0 Å². The van der Waals surface area contributed by atoms with Crippen molar-refractivity contribution in [3.05, 3.63) is 51.2 Å². The van der Waals surface area contributed by atoms with Gasteiger partial charge in [0.25, 0.3) is 0 Å². The van der Waals surface area contributed by atoms with E-state index in [1.165, 1.54) is 11.8 Å². The first-order valence-corrected chi connectivity index (χ1v) is 9.80. The molecule has 1 aromatic carbocycles. The molecule has 0 atom stereocenters. The fraction of sp³-hybridized carbons (Fsp3) is 0.368. The molecule has 0 saturated carbocycles. The number of rotatable bonds is 5. The first-order chi connectivity index (χ1) is 12.5. The number of carbonyl (C=O) groups is 2. The van der Waals surface area contributed by atoms with Crippen molar-refractivity contribution >= 4 is 40.4 Å². The highest BCUT2D eigenvalue weighted by atomic mass is 35.5. The second-order valence-electron chi connectivity index (χ2n) is 6.42. The van der Waals surface area contributed by atoms with E-state index in [9.17, 15) is 9.59 Å². The predicted octanol–water partition coefficient (Wildman–Crippen LogP) is 3.25. The Bertz CT molecular complexity index is 767. The molecule has 1 aliphatic rings. The van der Waals surface area contributed by atoms with Gasteiger partial charge in [-0.25, -0.2) is 0 Å². The molecule has 0 radical (unpaired) electrons. The lowest BCUT2D eigenvalue weighted by molar-refractivity contribution is -0.132. The van der Waals surface area contributed by atoms with E-state index in [0.717, 1.165) is 48.3 Å². The Morgan fingerprint density at radius 3 is 2.35 bits per heavy atom. The van der Waals surface area contributed by atoms with Gasteiger partial charge in [-0.05, 0) is 29.8 Å². The van der Waals surface area contributed by atoms with Gasteiger partial charge < -0.3 is 10.2 Å². The van der Waals surface area contributed by atoms with Gasteiger partial charge in [0.1, 0.15) is 0 Å². The Hall–Kier alpha value is -1.89. The van der Waals surface area contributed by atoms with Crippen molar-refractivity contribution in [1.82, 2.24) is 9.80 Å². The lowest BCUT2D eigenvalue weighted by Crippen LogP contribution is -2.48. The number of thiophene rings is 1. The molecular formula is C19H22ClN3O2S. The smallest absolute Gasteiger partial charge is 0.227 e. The van der Waals surface area contributed by atoms with Crippen molar-refractivity contribution in [1.29, 1.82) is 0 Å². The van der Waals surface area contributed by atoms with Crippen molar-refractivity contribution in [2.75, 3.05) is 31.5 Å². The highest BCUT2D eigenvalue weighted by Crippen LogP contribution is 2.23. The minimum Gasteiger partial charge on any atom is -0.340 e. The van der Waals surface area contributed by atoms with Gasteiger partial charge in [-0.1, -0.05) is 23.7 Å². The standard InChI is InChI=1S/C19H22ClN3O2S/c1-14(24)21-16-4-2-15(3-5-16)12-19(25)23-10-8-22(9-11-23)13-17-6-7-18(20)26-17/h2-7H,8-13H2,1H3,(H,21,24). The zero-order chi connectivity index (χ0) is 18.5. The van der Waals surface area contributed by atoms with E-state index in [1.807, 2.05) is 35.2 Å². The molecule has 7 heteroatoms. The summed E-state index contributed by atoms with van der Waals surface area (Å²) in [6, 6.07) is 11.4. The van der Waals surface area contributed by atoms with Crippen LogP contribution in [-0.4, -0.2) is 47.8 Å². The van der Waals surface area contributed by atoms with Crippen molar-refractivity contribution in [2.45, 2.75) is 19.9 Å². The number of hydrogen-bond acceptors (Lipinski definition) is 4. The van der Waals surface area contributed by atoms with Gasteiger partial charge in [-0.3, -0.25) is 14.5 Å². The maximum absolute atomic E-state index is 12.5. The Morgan fingerprint density at radius 2 is 1.77 bits per heavy atom. The molecule has 0 spiro atoms. The predicted molar refractivity (Wildman–Crippen MR) is 106 cm³/mol. The molecule has 0 unspecified atom stereocenters. The van der Waals surface area contributed by atoms with Crippen LogP contribution in [-0.2, 0) is 22.6 Å². The molecule has 2 heterocycles. The second kappa shape index (κ2) is 8.66. The molecule has 26 heavy (non-hydrogen) atoms. The third-order valence-corrected chi connectivity index (χ3v) is 5.58. The highest BCUT2D eigenvalue weighted by Gasteiger charge is 2.21. The molecule has 1 aromatic heterocycles. The summed E-state index contributed by atoms with van der Waals surface area (Å²) in [5.74, 6) is 0.0487. The molecular weight excluding hydrogens is 370 g/mol. The Labute approximate surface area is 162 Å². The fourth-order valence-corrected chi connectivity index (χ4v) is 4.14. The highest BCUT2D eigenvalue weighted by molar-refractivity contribution is 7.16. The van der Waals surface area contributed by atoms with Gasteiger partial charge in [0, 0.05) is 50.2 Å². The number of piperazine rings is 1. The summed E-state index contributed by atoms with van der Waals surface area (Å²) >= 11 is 7.59. The van der Waals surface area contributed by atoms with Gasteiger partial charge in [-0.2, -0.15) is 0 Å². The molecule has 1 N–H and O–H groups in total. The minimum absolute atomic E-state index is 0.100. The number of anilines is 1. The maximum atomic E-state index is 12.5. The summed E-state index contributed by atoms with van der Waals surface area (Å²) in [5, 5.41) is 2.73. The van der Waals surface area contributed by atoms with Crippen LogP contribution in [0.5, 0.6) is 0 Å². The number of amides is 2. The second-order valence-corrected chi connectivity index (χ2v) is 8.22. The summed E-state index contributed by atoms with van der Waals surface area (Å²) in [7, 11) is 0. The van der Waals surface area contributed by atoms with Crippen LogP contribution in [0.25, 0.3) is 0 Å². The van der Waals surface area contributed by atoms with Crippen LogP contribution in [0.15, 0.2) is 36.4 Å². The zero-order valence-electron chi connectivity index (χ0n) is 14.7. The number of nitrogens with zero attached hydrogens (tertiary/aromatic N) is 2. The van der Waals surface area contributed by atoms with Gasteiger partial charge >= 0.3 is 0 Å². The third kappa shape index (κ3) is 5.30. The van der Waals surface area contributed by atoms with Crippen LogP contribution >= 0.6 is 22.9 Å². The minimum atomic E-state index is -0.100. The largest absolute Gasteiger partial charge is 0.340 e. The van der Waals surface area contributed by atoms with Crippen LogP contribution in [0.2, 0.25) is 4.34 Å². The summed E-state index contributed by atoms with van der Waals surface area (Å²) in [6.45, 7) is 5.63. The molecule has 0 aliphatic carbocycles. The van der Waals surface area contributed by atoms with Gasteiger partial charge in [0.05, 0.1) is 10.8 Å². The van der Waals surface area contributed by atoms with E-state index < -0.39 is 0 Å². The van der Waals surface area contributed by atoms with E-state index in [4.69, 9.17) is 11.6 Å². The van der Waals surface area contributed by atoms with Crippen LogP contribution in [0.3, 0.4) is 0 Å². The Morgan fingerprint density at radius 1 is 1.08 bits per heavy atom. The van der Waals surface area contributed by atoms with Gasteiger partial charge in [-0.15, -0.1) is 11.3 Å². The third-order valence-electron chi connectivity index (χ3n) is 4.36. The van der Waals surface area contributed by atoms with Crippen LogP contribution in [0, 0.1) is 0 Å². The molecule has 0 bridgehead atoms. The quantitative estimate of drug-likeness (QED) is 0.851. The number of halogens is 1. The summed E-state index contributed by atoms with van der Waals surface area (Å²) < 4.78 is 0.818. The van der Waals surface area contributed by atoms with Crippen molar-refractivity contribution < 1.29 is 9.59 Å². The van der Waals surface area contributed by atoms with E-state index in [-0.39, 0.29) is 11.8 Å². The molecule has 1 fully saturated rings.